The number of nitrogens with one attached hydrogen (secondary N) is 1. The van der Waals surface area contributed by atoms with E-state index in [4.69, 9.17) is 14.2 Å². The molecule has 0 saturated heterocycles. The second-order valence-corrected chi connectivity index (χ2v) is 9.82. The van der Waals surface area contributed by atoms with E-state index in [1.54, 1.807) is 13.3 Å². The van der Waals surface area contributed by atoms with E-state index in [2.05, 4.69) is 27.6 Å². The molecule has 3 fully saturated rings. The lowest BCUT2D eigenvalue weighted by atomic mass is 9.78. The van der Waals surface area contributed by atoms with Crippen LogP contribution in [0.25, 0.3) is 0 Å². The third kappa shape index (κ3) is 3.34. The summed E-state index contributed by atoms with van der Waals surface area (Å²) in [6.07, 6.45) is 8.92. The van der Waals surface area contributed by atoms with Crippen molar-refractivity contribution in [1.82, 2.24) is 25.0 Å². The maximum atomic E-state index is 13.3. The third-order valence-corrected chi connectivity index (χ3v) is 8.11. The van der Waals surface area contributed by atoms with Crippen LogP contribution < -0.4 is 10.1 Å². The lowest BCUT2D eigenvalue weighted by Crippen LogP contribution is -2.37. The minimum Gasteiger partial charge on any atom is -0.497 e. The number of carbonyl (C=O) groups excluding carboxylic acids is 1. The van der Waals surface area contributed by atoms with Crippen LogP contribution in [0.1, 0.15) is 61.1 Å². The van der Waals surface area contributed by atoms with Gasteiger partial charge in [-0.1, -0.05) is 17.3 Å². The molecule has 3 aromatic rings. The van der Waals surface area contributed by atoms with Gasteiger partial charge in [0.25, 0.3) is 0 Å². The zero-order valence-corrected chi connectivity index (χ0v) is 19.0. The van der Waals surface area contributed by atoms with Crippen LogP contribution in [-0.2, 0) is 23.8 Å². The van der Waals surface area contributed by atoms with Gasteiger partial charge < -0.3 is 19.1 Å². The zero-order valence-electron chi connectivity index (χ0n) is 19.0. The molecule has 33 heavy (non-hydrogen) atoms. The summed E-state index contributed by atoms with van der Waals surface area (Å²) in [7, 11) is 3.61. The molecular weight excluding hydrogens is 418 g/mol. The SMILES string of the molecule is COc1ccc(C2(c3noc([C@H]4[C@@H]5CC[C@@H](C5)[C@@H]4C(=O)NCc4nccn4C)n3)CC2)cc1. The number of aromatic nitrogens is 4. The average Bonchev–Trinajstić information content (AvgIpc) is 3.25. The average molecular weight is 448 g/mol. The number of hydrogen-bond donors (Lipinski definition) is 1. The molecule has 6 rings (SSSR count). The lowest BCUT2D eigenvalue weighted by molar-refractivity contribution is -0.127. The van der Waals surface area contributed by atoms with E-state index in [0.717, 1.165) is 49.5 Å². The molecule has 1 amide bonds. The molecule has 0 radical (unpaired) electrons. The summed E-state index contributed by atoms with van der Waals surface area (Å²) in [5.74, 6) is 3.84. The van der Waals surface area contributed by atoms with Crippen molar-refractivity contribution in [1.29, 1.82) is 0 Å². The Labute approximate surface area is 192 Å². The van der Waals surface area contributed by atoms with Gasteiger partial charge in [0.2, 0.25) is 11.8 Å². The number of ether oxygens (including phenoxy) is 1. The topological polar surface area (TPSA) is 95.1 Å². The molecule has 2 bridgehead atoms. The number of rotatable bonds is 7. The number of hydrogen-bond acceptors (Lipinski definition) is 6. The van der Waals surface area contributed by atoms with E-state index in [1.807, 2.05) is 29.9 Å². The first-order chi connectivity index (χ1) is 16.1. The summed E-state index contributed by atoms with van der Waals surface area (Å²) in [6, 6.07) is 8.14. The molecule has 3 saturated carbocycles. The largest absolute Gasteiger partial charge is 0.497 e. The molecule has 3 aliphatic rings. The van der Waals surface area contributed by atoms with Gasteiger partial charge in [-0.05, 0) is 61.6 Å². The van der Waals surface area contributed by atoms with Crippen molar-refractivity contribution in [2.75, 3.05) is 7.11 Å². The Kier molecular flexibility index (Phi) is 4.78. The summed E-state index contributed by atoms with van der Waals surface area (Å²) in [6.45, 7) is 0.429. The fourth-order valence-electron chi connectivity index (χ4n) is 6.12. The Balaban J connectivity index is 1.23. The molecule has 172 valence electrons. The fourth-order valence-corrected chi connectivity index (χ4v) is 6.12. The Morgan fingerprint density at radius 1 is 1.24 bits per heavy atom. The van der Waals surface area contributed by atoms with Crippen LogP contribution in [0.15, 0.2) is 41.2 Å². The summed E-state index contributed by atoms with van der Waals surface area (Å²) in [5.41, 5.74) is 1.01. The third-order valence-electron chi connectivity index (χ3n) is 8.11. The molecule has 8 heteroatoms. The van der Waals surface area contributed by atoms with Gasteiger partial charge in [0.05, 0.1) is 30.9 Å². The Bertz CT molecular complexity index is 1160. The summed E-state index contributed by atoms with van der Waals surface area (Å²) < 4.78 is 13.1. The molecule has 0 unspecified atom stereocenters. The number of aryl methyl sites for hydroxylation is 1. The maximum absolute atomic E-state index is 13.3. The van der Waals surface area contributed by atoms with Gasteiger partial charge in [-0.3, -0.25) is 4.79 Å². The number of benzene rings is 1. The van der Waals surface area contributed by atoms with E-state index in [1.165, 1.54) is 5.56 Å². The van der Waals surface area contributed by atoms with Crippen LogP contribution in [0.2, 0.25) is 0 Å². The standard InChI is InChI=1S/C25H29N5O3/c1-30-12-11-26-19(30)14-27-22(31)20-15-3-4-16(13-15)21(20)23-28-24(29-33-23)25(9-10-25)17-5-7-18(32-2)8-6-17/h5-8,11-12,15-16,20-21H,3-4,9-10,13-14H2,1-2H3,(H,27,31)/t15-,16+,20-,21-/m0/s1. The highest BCUT2D eigenvalue weighted by Crippen LogP contribution is 2.57. The zero-order chi connectivity index (χ0) is 22.6. The predicted octanol–water partition coefficient (Wildman–Crippen LogP) is 3.34. The van der Waals surface area contributed by atoms with E-state index in [9.17, 15) is 4.79 Å². The smallest absolute Gasteiger partial charge is 0.230 e. The normalized spacial score (nSPS) is 27.0. The van der Waals surface area contributed by atoms with Gasteiger partial charge >= 0.3 is 0 Å². The highest BCUT2D eigenvalue weighted by Gasteiger charge is 2.55. The summed E-state index contributed by atoms with van der Waals surface area (Å²) in [5, 5.41) is 7.54. The van der Waals surface area contributed by atoms with Crippen molar-refractivity contribution in [3.8, 4) is 5.75 Å². The van der Waals surface area contributed by atoms with Crippen molar-refractivity contribution in [3.05, 3.63) is 59.8 Å². The molecule has 0 spiro atoms. The first-order valence-electron chi connectivity index (χ1n) is 11.8. The van der Waals surface area contributed by atoms with Gasteiger partial charge in [0.1, 0.15) is 11.6 Å². The van der Waals surface area contributed by atoms with Gasteiger partial charge in [-0.2, -0.15) is 4.98 Å². The van der Waals surface area contributed by atoms with E-state index in [-0.39, 0.29) is 23.2 Å². The van der Waals surface area contributed by atoms with Crippen LogP contribution >= 0.6 is 0 Å². The molecule has 8 nitrogen and oxygen atoms in total. The predicted molar refractivity (Wildman–Crippen MR) is 119 cm³/mol. The van der Waals surface area contributed by atoms with Crippen molar-refractivity contribution in [3.63, 3.8) is 0 Å². The Hall–Kier alpha value is -3.16. The second kappa shape index (κ2) is 7.71. The van der Waals surface area contributed by atoms with Gasteiger partial charge in [0.15, 0.2) is 5.82 Å². The Morgan fingerprint density at radius 3 is 2.73 bits per heavy atom. The molecule has 3 aliphatic carbocycles. The molecule has 1 N–H and O–H groups in total. The molecule has 1 aromatic carbocycles. The molecule has 0 aliphatic heterocycles. The quantitative estimate of drug-likeness (QED) is 0.597. The Morgan fingerprint density at radius 2 is 2.03 bits per heavy atom. The number of fused-ring (bicyclic) bond motifs is 2. The molecular formula is C25H29N5O3. The van der Waals surface area contributed by atoms with Crippen LogP contribution in [0.3, 0.4) is 0 Å². The van der Waals surface area contributed by atoms with Crippen LogP contribution in [0.4, 0.5) is 0 Å². The second-order valence-electron chi connectivity index (χ2n) is 9.82. The van der Waals surface area contributed by atoms with Crippen LogP contribution in [0, 0.1) is 17.8 Å². The minimum absolute atomic E-state index is 0.00182. The van der Waals surface area contributed by atoms with E-state index in [0.29, 0.717) is 24.3 Å². The first-order valence-corrected chi connectivity index (χ1v) is 11.8. The van der Waals surface area contributed by atoms with Gasteiger partial charge in [0, 0.05) is 19.4 Å². The van der Waals surface area contributed by atoms with Crippen molar-refractivity contribution in [2.24, 2.45) is 24.8 Å². The molecule has 4 atom stereocenters. The highest BCUT2D eigenvalue weighted by atomic mass is 16.5. The molecule has 2 aromatic heterocycles. The number of nitrogens with zero attached hydrogens (tertiary/aromatic N) is 4. The molecule has 2 heterocycles. The number of carbonyl (C=O) groups is 1. The van der Waals surface area contributed by atoms with Crippen LogP contribution in [-0.4, -0.2) is 32.7 Å². The number of imidazole rings is 1. The maximum Gasteiger partial charge on any atom is 0.230 e. The van der Waals surface area contributed by atoms with Gasteiger partial charge in [-0.25, -0.2) is 4.98 Å². The van der Waals surface area contributed by atoms with Crippen LogP contribution in [0.5, 0.6) is 5.75 Å². The lowest BCUT2D eigenvalue weighted by Gasteiger charge is -2.27. The highest BCUT2D eigenvalue weighted by molar-refractivity contribution is 5.80. The first kappa shape index (κ1) is 20.4. The monoisotopic (exact) mass is 447 g/mol. The minimum atomic E-state index is -0.179. The summed E-state index contributed by atoms with van der Waals surface area (Å²) >= 11 is 0. The van der Waals surface area contributed by atoms with Crippen molar-refractivity contribution >= 4 is 5.91 Å². The van der Waals surface area contributed by atoms with E-state index < -0.39 is 0 Å². The fraction of sp³-hybridized carbons (Fsp3) is 0.520. The number of amides is 1. The van der Waals surface area contributed by atoms with Crippen molar-refractivity contribution < 1.29 is 14.1 Å². The van der Waals surface area contributed by atoms with E-state index >= 15 is 0 Å². The number of methoxy groups -OCH3 is 1. The van der Waals surface area contributed by atoms with Gasteiger partial charge in [-0.15, -0.1) is 0 Å². The summed E-state index contributed by atoms with van der Waals surface area (Å²) in [4.78, 5) is 22.5. The van der Waals surface area contributed by atoms with Crippen molar-refractivity contribution in [2.45, 2.75) is 50.0 Å².